The molecule has 1 aromatic rings. The van der Waals surface area contributed by atoms with Crippen LogP contribution in [0.3, 0.4) is 0 Å². The number of benzene rings is 1. The first-order valence-electron chi connectivity index (χ1n) is 4.62. The molecule has 0 aliphatic carbocycles. The molecule has 1 aromatic carbocycles. The van der Waals surface area contributed by atoms with Gasteiger partial charge < -0.3 is 4.90 Å². The summed E-state index contributed by atoms with van der Waals surface area (Å²) in [4.78, 5) is 1.83. The highest BCUT2D eigenvalue weighted by atomic mass is 35.7. The summed E-state index contributed by atoms with van der Waals surface area (Å²) in [7, 11) is 5.11. The van der Waals surface area contributed by atoms with Crippen molar-refractivity contribution >= 4 is 19.7 Å². The minimum absolute atomic E-state index is 0.353. The van der Waals surface area contributed by atoms with Gasteiger partial charge in [0.05, 0.1) is 5.75 Å². The molecular weight excluding hydrogens is 253 g/mol. The van der Waals surface area contributed by atoms with E-state index in [0.29, 0.717) is 17.7 Å². The van der Waals surface area contributed by atoms with Crippen molar-refractivity contribution in [2.45, 2.75) is 12.3 Å². The molecule has 0 saturated carbocycles. The minimum Gasteiger partial charge on any atom is -0.305 e. The Balaban J connectivity index is 2.91. The molecule has 0 spiro atoms. The fourth-order valence-electron chi connectivity index (χ4n) is 1.35. The lowest BCUT2D eigenvalue weighted by Gasteiger charge is -2.11. The van der Waals surface area contributed by atoms with Crippen LogP contribution in [-0.4, -0.2) is 27.4 Å². The predicted molar refractivity (Wildman–Crippen MR) is 62.3 cm³/mol. The zero-order valence-corrected chi connectivity index (χ0v) is 10.6. The van der Waals surface area contributed by atoms with Crippen LogP contribution in [-0.2, 0) is 21.3 Å². The van der Waals surface area contributed by atoms with Crippen LogP contribution in [0.2, 0.25) is 0 Å². The van der Waals surface area contributed by atoms with Crippen molar-refractivity contribution in [2.24, 2.45) is 0 Å². The summed E-state index contributed by atoms with van der Waals surface area (Å²) in [5, 5.41) is 0. The quantitative estimate of drug-likeness (QED) is 0.781. The van der Waals surface area contributed by atoms with E-state index >= 15 is 0 Å². The Labute approximate surface area is 99.2 Å². The van der Waals surface area contributed by atoms with Gasteiger partial charge in [0, 0.05) is 22.8 Å². The molecule has 0 radical (unpaired) electrons. The van der Waals surface area contributed by atoms with Gasteiger partial charge in [0.25, 0.3) is 0 Å². The summed E-state index contributed by atoms with van der Waals surface area (Å²) < 4.78 is 35.1. The van der Waals surface area contributed by atoms with E-state index in [9.17, 15) is 12.8 Å². The largest absolute Gasteiger partial charge is 0.305 e. The van der Waals surface area contributed by atoms with Gasteiger partial charge in [0.1, 0.15) is 5.82 Å². The molecule has 0 bridgehead atoms. The second kappa shape index (κ2) is 5.12. The minimum atomic E-state index is -3.63. The molecule has 1 rings (SSSR count). The Hall–Kier alpha value is -0.650. The summed E-state index contributed by atoms with van der Waals surface area (Å²) in [6.45, 7) is 0.472. The lowest BCUT2D eigenvalue weighted by atomic mass is 10.1. The normalized spacial score (nSPS) is 12.1. The van der Waals surface area contributed by atoms with E-state index < -0.39 is 14.9 Å². The molecule has 0 aliphatic heterocycles. The molecule has 0 heterocycles. The second-order valence-electron chi connectivity index (χ2n) is 3.85. The molecule has 0 aliphatic rings. The molecular formula is C10H13ClFNO2S. The average Bonchev–Trinajstić information content (AvgIpc) is 2.06. The first-order valence-corrected chi connectivity index (χ1v) is 7.10. The van der Waals surface area contributed by atoms with Gasteiger partial charge in [-0.25, -0.2) is 12.8 Å². The van der Waals surface area contributed by atoms with Crippen LogP contribution in [0.4, 0.5) is 4.39 Å². The van der Waals surface area contributed by atoms with E-state index in [1.54, 1.807) is 12.1 Å². The molecule has 0 aromatic heterocycles. The first-order chi connectivity index (χ1) is 7.28. The van der Waals surface area contributed by atoms with E-state index in [-0.39, 0.29) is 5.75 Å². The van der Waals surface area contributed by atoms with Crippen molar-refractivity contribution in [2.75, 3.05) is 14.1 Å². The number of rotatable bonds is 4. The summed E-state index contributed by atoms with van der Waals surface area (Å²) in [5.41, 5.74) is 0.885. The van der Waals surface area contributed by atoms with Crippen LogP contribution >= 0.6 is 10.7 Å². The van der Waals surface area contributed by atoms with Crippen molar-refractivity contribution < 1.29 is 12.8 Å². The van der Waals surface area contributed by atoms with E-state index in [2.05, 4.69) is 0 Å². The topological polar surface area (TPSA) is 37.4 Å². The zero-order valence-electron chi connectivity index (χ0n) is 9.07. The van der Waals surface area contributed by atoms with Crippen LogP contribution in [0.5, 0.6) is 0 Å². The van der Waals surface area contributed by atoms with E-state index in [0.717, 1.165) is 0 Å². The Bertz CT molecular complexity index is 474. The summed E-state index contributed by atoms with van der Waals surface area (Å²) in [5.74, 6) is -0.764. The maximum absolute atomic E-state index is 13.5. The second-order valence-corrected chi connectivity index (χ2v) is 6.62. The van der Waals surface area contributed by atoms with Crippen molar-refractivity contribution in [3.8, 4) is 0 Å². The number of halogens is 2. The van der Waals surface area contributed by atoms with E-state index in [1.807, 2.05) is 19.0 Å². The number of hydrogen-bond acceptors (Lipinski definition) is 3. The number of hydrogen-bond donors (Lipinski definition) is 0. The van der Waals surface area contributed by atoms with E-state index in [1.165, 1.54) is 6.07 Å². The van der Waals surface area contributed by atoms with Crippen LogP contribution in [0.1, 0.15) is 11.1 Å². The smallest absolute Gasteiger partial charge is 0.236 e. The molecule has 0 amide bonds. The molecule has 0 fully saturated rings. The molecule has 0 atom stereocenters. The predicted octanol–water partition coefficient (Wildman–Crippen LogP) is 1.96. The Morgan fingerprint density at radius 3 is 2.44 bits per heavy atom. The van der Waals surface area contributed by atoms with Crippen LogP contribution < -0.4 is 0 Å². The molecule has 6 heteroatoms. The highest BCUT2D eigenvalue weighted by molar-refractivity contribution is 8.13. The molecule has 16 heavy (non-hydrogen) atoms. The Morgan fingerprint density at radius 2 is 2.00 bits per heavy atom. The molecule has 0 N–H and O–H groups in total. The van der Waals surface area contributed by atoms with Crippen LogP contribution in [0.15, 0.2) is 18.2 Å². The monoisotopic (exact) mass is 265 g/mol. The van der Waals surface area contributed by atoms with Crippen molar-refractivity contribution in [3.63, 3.8) is 0 Å². The lowest BCUT2D eigenvalue weighted by Crippen LogP contribution is -2.12. The third-order valence-corrected chi connectivity index (χ3v) is 2.95. The van der Waals surface area contributed by atoms with Crippen molar-refractivity contribution in [1.29, 1.82) is 0 Å². The standard InChI is InChI=1S/C10H13ClFNO2S/c1-13(2)6-9-4-3-8(5-10(9)12)7-16(11,14)15/h3-5H,6-7H2,1-2H3. The first kappa shape index (κ1) is 13.4. The van der Waals surface area contributed by atoms with E-state index in [4.69, 9.17) is 10.7 Å². The Kier molecular flexibility index (Phi) is 4.29. The maximum atomic E-state index is 13.5. The SMILES string of the molecule is CN(C)Cc1ccc(CS(=O)(=O)Cl)cc1F. The summed E-state index contributed by atoms with van der Waals surface area (Å²) in [6, 6.07) is 4.35. The Morgan fingerprint density at radius 1 is 1.38 bits per heavy atom. The third-order valence-electron chi connectivity index (χ3n) is 1.94. The molecule has 0 unspecified atom stereocenters. The fraction of sp³-hybridized carbons (Fsp3) is 0.400. The maximum Gasteiger partial charge on any atom is 0.236 e. The van der Waals surface area contributed by atoms with Crippen molar-refractivity contribution in [3.05, 3.63) is 35.1 Å². The molecule has 3 nitrogen and oxygen atoms in total. The van der Waals surface area contributed by atoms with Gasteiger partial charge in [0.15, 0.2) is 0 Å². The molecule has 0 saturated heterocycles. The highest BCUT2D eigenvalue weighted by Crippen LogP contribution is 2.15. The third kappa shape index (κ3) is 4.47. The van der Waals surface area contributed by atoms with Gasteiger partial charge >= 0.3 is 0 Å². The van der Waals surface area contributed by atoms with Gasteiger partial charge in [-0.2, -0.15) is 0 Å². The lowest BCUT2D eigenvalue weighted by molar-refractivity contribution is 0.392. The highest BCUT2D eigenvalue weighted by Gasteiger charge is 2.10. The zero-order chi connectivity index (χ0) is 12.3. The van der Waals surface area contributed by atoms with Gasteiger partial charge in [-0.3, -0.25) is 0 Å². The van der Waals surface area contributed by atoms with Crippen LogP contribution in [0.25, 0.3) is 0 Å². The summed E-state index contributed by atoms with van der Waals surface area (Å²) in [6.07, 6.45) is 0. The average molecular weight is 266 g/mol. The van der Waals surface area contributed by atoms with Gasteiger partial charge in [-0.1, -0.05) is 12.1 Å². The van der Waals surface area contributed by atoms with Crippen molar-refractivity contribution in [1.82, 2.24) is 4.90 Å². The van der Waals surface area contributed by atoms with Gasteiger partial charge in [-0.15, -0.1) is 0 Å². The fourth-order valence-corrected chi connectivity index (χ4v) is 2.30. The number of nitrogens with zero attached hydrogens (tertiary/aromatic N) is 1. The summed E-state index contributed by atoms with van der Waals surface area (Å²) >= 11 is 0. The van der Waals surface area contributed by atoms with Gasteiger partial charge in [0.2, 0.25) is 9.05 Å². The molecule has 90 valence electrons. The van der Waals surface area contributed by atoms with Crippen LogP contribution in [0, 0.1) is 5.82 Å². The van der Waals surface area contributed by atoms with Gasteiger partial charge in [-0.05, 0) is 25.7 Å².